The monoisotopic (exact) mass is 420 g/mol. The quantitative estimate of drug-likeness (QED) is 0.585. The molecule has 1 aliphatic rings. The summed E-state index contributed by atoms with van der Waals surface area (Å²) in [5.74, 6) is -0.271. The summed E-state index contributed by atoms with van der Waals surface area (Å²) in [4.78, 5) is 20.1. The number of amides is 1. The molecule has 4 rings (SSSR count). The first kappa shape index (κ1) is 21.2. The molecule has 0 N–H and O–H groups in total. The van der Waals surface area contributed by atoms with Crippen LogP contribution in [0.4, 0.5) is 4.39 Å². The van der Waals surface area contributed by atoms with Gasteiger partial charge in [0.2, 0.25) is 0 Å². The molecule has 2 aromatic heterocycles. The Kier molecular flexibility index (Phi) is 5.42. The van der Waals surface area contributed by atoms with E-state index in [1.807, 2.05) is 37.1 Å². The fourth-order valence-electron chi connectivity index (χ4n) is 4.17. The zero-order valence-electron chi connectivity index (χ0n) is 18.8. The highest BCUT2D eigenvalue weighted by molar-refractivity contribution is 5.93. The SMILES string of the molecule is Cc1cc(-c2ccc(F)cc2)cc([C@@H]2CCCN2C(=O)c2cc(C(C)(C)C)nn2C)n1. The molecule has 3 heterocycles. The number of halogens is 1. The van der Waals surface area contributed by atoms with Gasteiger partial charge in [-0.3, -0.25) is 14.5 Å². The van der Waals surface area contributed by atoms with Crippen LogP contribution in [0, 0.1) is 12.7 Å². The number of rotatable bonds is 3. The number of aryl methyl sites for hydroxylation is 2. The van der Waals surface area contributed by atoms with Gasteiger partial charge in [-0.05, 0) is 61.2 Å². The molecule has 1 aromatic carbocycles. The van der Waals surface area contributed by atoms with E-state index in [2.05, 4.69) is 25.9 Å². The maximum absolute atomic E-state index is 13.5. The average Bonchev–Trinajstić information content (AvgIpc) is 3.34. The van der Waals surface area contributed by atoms with Crippen LogP contribution in [0.1, 0.15) is 67.2 Å². The third kappa shape index (κ3) is 4.24. The van der Waals surface area contributed by atoms with Crippen molar-refractivity contribution in [2.24, 2.45) is 7.05 Å². The van der Waals surface area contributed by atoms with Crippen LogP contribution in [0.15, 0.2) is 42.5 Å². The molecule has 0 radical (unpaired) electrons. The second-order valence-corrected chi connectivity index (χ2v) is 9.37. The minimum Gasteiger partial charge on any atom is -0.329 e. The van der Waals surface area contributed by atoms with Gasteiger partial charge in [0.1, 0.15) is 11.5 Å². The van der Waals surface area contributed by atoms with E-state index >= 15 is 0 Å². The van der Waals surface area contributed by atoms with E-state index in [0.29, 0.717) is 12.2 Å². The molecule has 0 saturated carbocycles. The molecule has 0 unspecified atom stereocenters. The van der Waals surface area contributed by atoms with E-state index in [1.54, 1.807) is 16.8 Å². The molecule has 5 nitrogen and oxygen atoms in total. The zero-order valence-corrected chi connectivity index (χ0v) is 18.8. The lowest BCUT2D eigenvalue weighted by Crippen LogP contribution is -2.32. The highest BCUT2D eigenvalue weighted by Gasteiger charge is 2.34. The molecule has 1 aliphatic heterocycles. The lowest BCUT2D eigenvalue weighted by atomic mass is 9.92. The molecule has 162 valence electrons. The van der Waals surface area contributed by atoms with Crippen LogP contribution in [-0.2, 0) is 12.5 Å². The topological polar surface area (TPSA) is 51.0 Å². The van der Waals surface area contributed by atoms with Crippen LogP contribution < -0.4 is 0 Å². The van der Waals surface area contributed by atoms with Crippen molar-refractivity contribution in [1.82, 2.24) is 19.7 Å². The molecule has 6 heteroatoms. The minimum absolute atomic E-state index is 0.0142. The maximum Gasteiger partial charge on any atom is 0.272 e. The van der Waals surface area contributed by atoms with Crippen molar-refractivity contribution >= 4 is 5.91 Å². The van der Waals surface area contributed by atoms with Gasteiger partial charge >= 0.3 is 0 Å². The highest BCUT2D eigenvalue weighted by Crippen LogP contribution is 2.35. The zero-order chi connectivity index (χ0) is 22.3. The number of carbonyl (C=O) groups excluding carboxylic acids is 1. The number of aromatic nitrogens is 3. The first-order valence-corrected chi connectivity index (χ1v) is 10.7. The summed E-state index contributed by atoms with van der Waals surface area (Å²) in [5, 5.41) is 4.57. The Morgan fingerprint density at radius 2 is 1.81 bits per heavy atom. The number of benzene rings is 1. The van der Waals surface area contributed by atoms with E-state index in [9.17, 15) is 9.18 Å². The Balaban J connectivity index is 1.67. The molecule has 0 spiro atoms. The summed E-state index contributed by atoms with van der Waals surface area (Å²) in [6, 6.07) is 12.3. The molecule has 31 heavy (non-hydrogen) atoms. The second kappa shape index (κ2) is 7.91. The van der Waals surface area contributed by atoms with Gasteiger partial charge < -0.3 is 4.90 Å². The Morgan fingerprint density at radius 1 is 1.10 bits per heavy atom. The smallest absolute Gasteiger partial charge is 0.272 e. The number of hydrogen-bond acceptors (Lipinski definition) is 3. The second-order valence-electron chi connectivity index (χ2n) is 9.37. The number of hydrogen-bond donors (Lipinski definition) is 0. The van der Waals surface area contributed by atoms with Crippen molar-refractivity contribution < 1.29 is 9.18 Å². The standard InChI is InChI=1S/C25H29FN4O/c1-16-13-18(17-8-10-19(26)11-9-17)14-20(27-16)21-7-6-12-30(21)24(31)22-15-23(25(2,3)4)28-29(22)5/h8-11,13-15,21H,6-7,12H2,1-5H3/t21-/m0/s1. The number of likely N-dealkylation sites (tertiary alicyclic amines) is 1. The molecule has 1 amide bonds. The van der Waals surface area contributed by atoms with E-state index < -0.39 is 0 Å². The predicted octanol–water partition coefficient (Wildman–Crippen LogP) is 5.20. The normalized spacial score (nSPS) is 16.7. The van der Waals surface area contributed by atoms with E-state index in [1.165, 1.54) is 12.1 Å². The fraction of sp³-hybridized carbons (Fsp3) is 0.400. The Morgan fingerprint density at radius 3 is 2.45 bits per heavy atom. The third-order valence-electron chi connectivity index (χ3n) is 5.87. The van der Waals surface area contributed by atoms with Crippen LogP contribution in [0.5, 0.6) is 0 Å². The van der Waals surface area contributed by atoms with Gasteiger partial charge in [0.05, 0.1) is 17.4 Å². The molecular weight excluding hydrogens is 391 g/mol. The molecule has 0 aliphatic carbocycles. The molecule has 1 saturated heterocycles. The lowest BCUT2D eigenvalue weighted by molar-refractivity contribution is 0.0721. The van der Waals surface area contributed by atoms with Crippen molar-refractivity contribution in [1.29, 1.82) is 0 Å². The Labute approximate surface area is 182 Å². The summed E-state index contributed by atoms with van der Waals surface area (Å²) < 4.78 is 15.0. The van der Waals surface area contributed by atoms with E-state index in [0.717, 1.165) is 41.1 Å². The average molecular weight is 421 g/mol. The first-order chi connectivity index (χ1) is 14.6. The van der Waals surface area contributed by atoms with Gasteiger partial charge in [0.15, 0.2) is 0 Å². The molecular formula is C25H29FN4O. The fourth-order valence-corrected chi connectivity index (χ4v) is 4.17. The lowest BCUT2D eigenvalue weighted by Gasteiger charge is -2.25. The number of pyridine rings is 1. The van der Waals surface area contributed by atoms with E-state index in [-0.39, 0.29) is 23.2 Å². The molecule has 1 fully saturated rings. The van der Waals surface area contributed by atoms with Gasteiger partial charge in [-0.15, -0.1) is 0 Å². The minimum atomic E-state index is -0.256. The number of carbonyl (C=O) groups is 1. The maximum atomic E-state index is 13.5. The summed E-state index contributed by atoms with van der Waals surface area (Å²) in [5.41, 5.74) is 5.06. The van der Waals surface area contributed by atoms with Gasteiger partial charge in [0.25, 0.3) is 5.91 Å². The predicted molar refractivity (Wildman–Crippen MR) is 119 cm³/mol. The van der Waals surface area contributed by atoms with Crippen molar-refractivity contribution in [3.8, 4) is 11.1 Å². The van der Waals surface area contributed by atoms with Crippen LogP contribution in [0.3, 0.4) is 0 Å². The molecule has 0 bridgehead atoms. The van der Waals surface area contributed by atoms with Gasteiger partial charge in [-0.2, -0.15) is 5.10 Å². The number of nitrogens with zero attached hydrogens (tertiary/aromatic N) is 4. The van der Waals surface area contributed by atoms with Crippen molar-refractivity contribution in [2.45, 2.75) is 52.0 Å². The molecule has 1 atom stereocenters. The van der Waals surface area contributed by atoms with Gasteiger partial charge in [0, 0.05) is 24.7 Å². The van der Waals surface area contributed by atoms with E-state index in [4.69, 9.17) is 4.98 Å². The Hall–Kier alpha value is -3.02. The van der Waals surface area contributed by atoms with Crippen molar-refractivity contribution in [3.05, 3.63) is 71.1 Å². The van der Waals surface area contributed by atoms with Crippen LogP contribution in [-0.4, -0.2) is 32.1 Å². The largest absolute Gasteiger partial charge is 0.329 e. The summed E-state index contributed by atoms with van der Waals surface area (Å²) in [6.07, 6.45) is 1.80. The van der Waals surface area contributed by atoms with Crippen LogP contribution >= 0.6 is 0 Å². The third-order valence-corrected chi connectivity index (χ3v) is 5.87. The van der Waals surface area contributed by atoms with Crippen LogP contribution in [0.25, 0.3) is 11.1 Å². The van der Waals surface area contributed by atoms with Crippen molar-refractivity contribution in [3.63, 3.8) is 0 Å². The summed E-state index contributed by atoms with van der Waals surface area (Å²) in [6.45, 7) is 8.93. The summed E-state index contributed by atoms with van der Waals surface area (Å²) >= 11 is 0. The van der Waals surface area contributed by atoms with Gasteiger partial charge in [-0.25, -0.2) is 4.39 Å². The van der Waals surface area contributed by atoms with Crippen molar-refractivity contribution in [2.75, 3.05) is 6.54 Å². The first-order valence-electron chi connectivity index (χ1n) is 10.7. The molecule has 3 aromatic rings. The van der Waals surface area contributed by atoms with Crippen LogP contribution in [0.2, 0.25) is 0 Å². The van der Waals surface area contributed by atoms with Gasteiger partial charge in [-0.1, -0.05) is 32.9 Å². The highest BCUT2D eigenvalue weighted by atomic mass is 19.1. The Bertz CT molecular complexity index is 1110. The summed E-state index contributed by atoms with van der Waals surface area (Å²) in [7, 11) is 1.82.